The molecule has 2 unspecified atom stereocenters. The first kappa shape index (κ1) is 18.4. The number of unbranched alkanes of at least 4 members (excludes halogenated alkanes) is 1. The third kappa shape index (κ3) is 3.43. The number of hydrogen-bond donors (Lipinski definition) is 1. The molecule has 2 aliphatic heterocycles. The van der Waals surface area contributed by atoms with Gasteiger partial charge >= 0.3 is 0 Å². The van der Waals surface area contributed by atoms with Crippen molar-refractivity contribution in [3.8, 4) is 0 Å². The first-order valence-corrected chi connectivity index (χ1v) is 10.3. The van der Waals surface area contributed by atoms with Crippen molar-refractivity contribution in [3.63, 3.8) is 0 Å². The largest absolute Gasteiger partial charge is 0.281 e. The quantitative estimate of drug-likeness (QED) is 0.605. The van der Waals surface area contributed by atoms with Gasteiger partial charge in [-0.25, -0.2) is 5.01 Å². The molecule has 0 radical (unpaired) electrons. The number of amidine groups is 1. The number of aromatic nitrogens is 1. The van der Waals surface area contributed by atoms with Crippen LogP contribution in [0.15, 0.2) is 87.3 Å². The molecule has 0 aliphatic carbocycles. The van der Waals surface area contributed by atoms with Crippen molar-refractivity contribution in [2.24, 2.45) is 20.4 Å². The van der Waals surface area contributed by atoms with Gasteiger partial charge in [-0.2, -0.15) is 20.4 Å². The third-order valence-corrected chi connectivity index (χ3v) is 5.37. The summed E-state index contributed by atoms with van der Waals surface area (Å²) in [4.78, 5) is 4.42. The second-order valence-corrected chi connectivity index (χ2v) is 7.46. The molecule has 2 aromatic carbocycles. The topological polar surface area (TPSA) is 77.6 Å². The lowest BCUT2D eigenvalue weighted by Gasteiger charge is -2.17. The molecule has 7 nitrogen and oxygen atoms in total. The second kappa shape index (κ2) is 8.02. The Morgan fingerprint density at radius 2 is 1.90 bits per heavy atom. The number of fused-ring (bicyclic) bond motifs is 2. The van der Waals surface area contributed by atoms with E-state index >= 15 is 0 Å². The Bertz CT molecular complexity index is 1140. The van der Waals surface area contributed by atoms with Crippen molar-refractivity contribution >= 4 is 28.0 Å². The number of hydrazone groups is 2. The molecule has 2 aliphatic rings. The minimum atomic E-state index is -0.187. The Balaban J connectivity index is 1.42. The predicted molar refractivity (Wildman–Crippen MR) is 119 cm³/mol. The minimum absolute atomic E-state index is 0.168. The van der Waals surface area contributed by atoms with Gasteiger partial charge in [0.1, 0.15) is 5.69 Å². The zero-order chi connectivity index (χ0) is 20.3. The van der Waals surface area contributed by atoms with Gasteiger partial charge in [-0.1, -0.05) is 49.7 Å². The van der Waals surface area contributed by atoms with E-state index in [9.17, 15) is 0 Å². The van der Waals surface area contributed by atoms with E-state index in [1.165, 1.54) is 5.39 Å². The van der Waals surface area contributed by atoms with Gasteiger partial charge < -0.3 is 0 Å². The average molecular weight is 397 g/mol. The van der Waals surface area contributed by atoms with Crippen molar-refractivity contribution in [3.05, 3.63) is 72.6 Å². The van der Waals surface area contributed by atoms with Crippen LogP contribution in [0.25, 0.3) is 10.8 Å². The fourth-order valence-electron chi connectivity index (χ4n) is 3.78. The summed E-state index contributed by atoms with van der Waals surface area (Å²) >= 11 is 0. The molecule has 0 amide bonds. The van der Waals surface area contributed by atoms with E-state index in [2.05, 4.69) is 51.8 Å². The van der Waals surface area contributed by atoms with Crippen LogP contribution in [0.2, 0.25) is 0 Å². The molecule has 150 valence electrons. The SMILES string of the molecule is CCCCC1=NN2C(c3ccccn3)=NNC2C1N=Nc1ccc2ccccc2c1. The molecule has 0 saturated carbocycles. The molecule has 1 N–H and O–H groups in total. The van der Waals surface area contributed by atoms with Crippen molar-refractivity contribution in [2.45, 2.75) is 38.4 Å². The monoisotopic (exact) mass is 397 g/mol. The summed E-state index contributed by atoms with van der Waals surface area (Å²) in [5, 5.41) is 22.8. The van der Waals surface area contributed by atoms with E-state index in [-0.39, 0.29) is 12.2 Å². The van der Waals surface area contributed by atoms with Crippen molar-refractivity contribution in [1.82, 2.24) is 15.4 Å². The molecule has 1 aromatic heterocycles. The fraction of sp³-hybridized carbons (Fsp3) is 0.261. The van der Waals surface area contributed by atoms with E-state index in [1.807, 2.05) is 41.4 Å². The predicted octanol–water partition coefficient (Wildman–Crippen LogP) is 4.84. The van der Waals surface area contributed by atoms with Crippen LogP contribution in [0.5, 0.6) is 0 Å². The molecule has 0 fully saturated rings. The highest BCUT2D eigenvalue weighted by Crippen LogP contribution is 2.28. The minimum Gasteiger partial charge on any atom is -0.281 e. The first-order valence-electron chi connectivity index (χ1n) is 10.3. The lowest BCUT2D eigenvalue weighted by Crippen LogP contribution is -2.41. The molecule has 0 spiro atoms. The molecule has 7 heteroatoms. The maximum absolute atomic E-state index is 4.85. The number of pyridine rings is 1. The Kier molecular flexibility index (Phi) is 4.93. The maximum atomic E-state index is 4.85. The van der Waals surface area contributed by atoms with Crippen molar-refractivity contribution in [1.29, 1.82) is 0 Å². The highest BCUT2D eigenvalue weighted by atomic mass is 15.7. The molecular weight excluding hydrogens is 374 g/mol. The van der Waals surface area contributed by atoms with Gasteiger partial charge in [-0.05, 0) is 47.9 Å². The van der Waals surface area contributed by atoms with E-state index in [1.54, 1.807) is 6.20 Å². The zero-order valence-electron chi connectivity index (χ0n) is 16.8. The van der Waals surface area contributed by atoms with Crippen LogP contribution < -0.4 is 5.43 Å². The van der Waals surface area contributed by atoms with Crippen LogP contribution in [0.1, 0.15) is 31.9 Å². The molecule has 5 rings (SSSR count). The molecule has 3 heterocycles. The standard InChI is InChI=1S/C23H23N7/c1-2-3-10-19-21(26-25-18-13-12-16-8-4-5-9-17(16)15-18)23-28-27-22(30(23)29-19)20-11-6-7-14-24-20/h4-9,11-15,21,23,28H,2-3,10H2,1H3. The van der Waals surface area contributed by atoms with Gasteiger partial charge in [0, 0.05) is 6.20 Å². The smallest absolute Gasteiger partial charge is 0.196 e. The molecule has 0 bridgehead atoms. The van der Waals surface area contributed by atoms with E-state index in [4.69, 9.17) is 10.2 Å². The van der Waals surface area contributed by atoms with Gasteiger partial charge in [0.25, 0.3) is 0 Å². The molecule has 3 aromatic rings. The number of nitrogens with zero attached hydrogens (tertiary/aromatic N) is 6. The van der Waals surface area contributed by atoms with Crippen LogP contribution in [-0.4, -0.2) is 33.7 Å². The Hall–Kier alpha value is -3.61. The number of benzene rings is 2. The number of azo groups is 1. The van der Waals surface area contributed by atoms with Crippen LogP contribution in [0, 0.1) is 0 Å². The fourth-order valence-corrected chi connectivity index (χ4v) is 3.78. The second-order valence-electron chi connectivity index (χ2n) is 7.46. The normalized spacial score (nSPS) is 20.4. The average Bonchev–Trinajstić information content (AvgIpc) is 3.35. The summed E-state index contributed by atoms with van der Waals surface area (Å²) < 4.78 is 0. The summed E-state index contributed by atoms with van der Waals surface area (Å²) in [5.41, 5.74) is 5.85. The molecule has 2 atom stereocenters. The Morgan fingerprint density at radius 3 is 2.73 bits per heavy atom. The lowest BCUT2D eigenvalue weighted by atomic mass is 10.1. The molecule has 30 heavy (non-hydrogen) atoms. The number of rotatable bonds is 6. The van der Waals surface area contributed by atoms with Gasteiger partial charge in [0.15, 0.2) is 18.0 Å². The Labute approximate surface area is 175 Å². The van der Waals surface area contributed by atoms with Crippen LogP contribution in [-0.2, 0) is 0 Å². The summed E-state index contributed by atoms with van der Waals surface area (Å²) in [6.07, 6.45) is 4.66. The van der Waals surface area contributed by atoms with Gasteiger partial charge in [-0.15, -0.1) is 0 Å². The highest BCUT2D eigenvalue weighted by molar-refractivity contribution is 6.02. The van der Waals surface area contributed by atoms with Crippen molar-refractivity contribution < 1.29 is 0 Å². The maximum Gasteiger partial charge on any atom is 0.196 e. The summed E-state index contributed by atoms with van der Waals surface area (Å²) in [5.74, 6) is 0.720. The summed E-state index contributed by atoms with van der Waals surface area (Å²) in [7, 11) is 0. The number of hydrogen-bond acceptors (Lipinski definition) is 7. The van der Waals surface area contributed by atoms with Crippen LogP contribution in [0.3, 0.4) is 0 Å². The van der Waals surface area contributed by atoms with E-state index < -0.39 is 0 Å². The zero-order valence-corrected chi connectivity index (χ0v) is 16.8. The molecule has 0 saturated heterocycles. The van der Waals surface area contributed by atoms with Gasteiger partial charge in [0.05, 0.1) is 11.4 Å². The van der Waals surface area contributed by atoms with Crippen LogP contribution >= 0.6 is 0 Å². The third-order valence-electron chi connectivity index (χ3n) is 5.37. The van der Waals surface area contributed by atoms with Crippen molar-refractivity contribution in [2.75, 3.05) is 0 Å². The van der Waals surface area contributed by atoms with Crippen LogP contribution in [0.4, 0.5) is 5.69 Å². The van der Waals surface area contributed by atoms with Gasteiger partial charge in [0.2, 0.25) is 0 Å². The van der Waals surface area contributed by atoms with E-state index in [0.717, 1.165) is 47.6 Å². The van der Waals surface area contributed by atoms with Gasteiger partial charge in [-0.3, -0.25) is 10.4 Å². The highest BCUT2D eigenvalue weighted by Gasteiger charge is 2.43. The molecular formula is C23H23N7. The Morgan fingerprint density at radius 1 is 1.03 bits per heavy atom. The number of nitrogens with one attached hydrogen (secondary N) is 1. The first-order chi connectivity index (χ1) is 14.8. The lowest BCUT2D eigenvalue weighted by molar-refractivity contribution is 0.326. The summed E-state index contributed by atoms with van der Waals surface area (Å²) in [6, 6.07) is 20.0. The van der Waals surface area contributed by atoms with E-state index in [0.29, 0.717) is 0 Å². The summed E-state index contributed by atoms with van der Waals surface area (Å²) in [6.45, 7) is 2.18.